The van der Waals surface area contributed by atoms with Crippen molar-refractivity contribution in [2.45, 2.75) is 34.2 Å². The van der Waals surface area contributed by atoms with Crippen LogP contribution in [0.15, 0.2) is 30.5 Å². The first-order valence-electron chi connectivity index (χ1n) is 6.44. The molecule has 2 aromatic rings. The molecule has 19 heavy (non-hydrogen) atoms. The number of benzene rings is 1. The molecule has 1 aromatic carbocycles. The molecule has 0 spiro atoms. The molecule has 0 aliphatic rings. The predicted octanol–water partition coefficient (Wildman–Crippen LogP) is 4.39. The summed E-state index contributed by atoms with van der Waals surface area (Å²) in [6.07, 6.45) is 1.72. The van der Waals surface area contributed by atoms with E-state index in [1.54, 1.807) is 6.20 Å². The quantitative estimate of drug-likeness (QED) is 0.846. The summed E-state index contributed by atoms with van der Waals surface area (Å²) in [6, 6.07) is 8.38. The third-order valence-electron chi connectivity index (χ3n) is 2.52. The molecule has 0 atom stereocenters. The molecule has 0 fully saturated rings. The van der Waals surface area contributed by atoms with Crippen LogP contribution in [0.1, 0.15) is 30.5 Å². The lowest BCUT2D eigenvalue weighted by Gasteiger charge is -2.08. The fourth-order valence-electron chi connectivity index (χ4n) is 1.49. The maximum Gasteiger partial charge on any atom is 0.224 e. The van der Waals surface area contributed by atoms with E-state index in [0.29, 0.717) is 0 Å². The first-order chi connectivity index (χ1) is 9.15. The number of nitrogens with zero attached hydrogens (tertiary/aromatic N) is 2. The molecule has 1 heterocycles. The summed E-state index contributed by atoms with van der Waals surface area (Å²) in [4.78, 5) is 8.07. The Labute approximate surface area is 120 Å². The van der Waals surface area contributed by atoms with E-state index in [2.05, 4.69) is 46.5 Å². The molecule has 102 valence electrons. The number of aromatic nitrogens is 2. The van der Waals surface area contributed by atoms with Gasteiger partial charge in [0.25, 0.3) is 0 Å². The second kappa shape index (κ2) is 7.74. The fraction of sp³-hybridized carbons (Fsp3) is 0.333. The van der Waals surface area contributed by atoms with Gasteiger partial charge >= 0.3 is 0 Å². The Balaban J connectivity index is 0.000000861. The van der Waals surface area contributed by atoms with Gasteiger partial charge in [0.1, 0.15) is 5.82 Å². The number of aryl methyl sites for hydroxylation is 2. The van der Waals surface area contributed by atoms with E-state index in [-0.39, 0.29) is 5.28 Å². The molecule has 0 aliphatic carbocycles. The minimum absolute atomic E-state index is 0.266. The number of rotatable bonds is 3. The van der Waals surface area contributed by atoms with E-state index >= 15 is 0 Å². The largest absolute Gasteiger partial charge is 0.366 e. The van der Waals surface area contributed by atoms with Crippen LogP contribution in [-0.4, -0.2) is 9.97 Å². The zero-order valence-electron chi connectivity index (χ0n) is 11.9. The van der Waals surface area contributed by atoms with E-state index < -0.39 is 0 Å². The molecule has 0 saturated carbocycles. The van der Waals surface area contributed by atoms with Crippen molar-refractivity contribution in [3.63, 3.8) is 0 Å². The van der Waals surface area contributed by atoms with Gasteiger partial charge in [0.15, 0.2) is 0 Å². The third-order valence-corrected chi connectivity index (χ3v) is 2.70. The summed E-state index contributed by atoms with van der Waals surface area (Å²) in [6.45, 7) is 8.76. The Bertz CT molecular complexity index is 509. The zero-order valence-corrected chi connectivity index (χ0v) is 12.6. The lowest BCUT2D eigenvalue weighted by Crippen LogP contribution is -2.04. The summed E-state index contributed by atoms with van der Waals surface area (Å²) in [5.74, 6) is 0.783. The predicted molar refractivity (Wildman–Crippen MR) is 81.6 cm³/mol. The van der Waals surface area contributed by atoms with Crippen molar-refractivity contribution in [1.29, 1.82) is 0 Å². The van der Waals surface area contributed by atoms with E-state index in [4.69, 9.17) is 11.6 Å². The molecule has 0 unspecified atom stereocenters. The van der Waals surface area contributed by atoms with Gasteiger partial charge in [0.2, 0.25) is 5.28 Å². The van der Waals surface area contributed by atoms with Gasteiger partial charge in [-0.25, -0.2) is 9.97 Å². The highest BCUT2D eigenvalue weighted by Gasteiger charge is 2.01. The molecule has 1 aromatic heterocycles. The molecule has 0 amide bonds. The molecule has 3 nitrogen and oxygen atoms in total. The number of halogens is 1. The van der Waals surface area contributed by atoms with E-state index in [1.165, 1.54) is 11.1 Å². The van der Waals surface area contributed by atoms with Gasteiger partial charge in [-0.1, -0.05) is 43.7 Å². The minimum atomic E-state index is 0.266. The molecule has 0 aliphatic heterocycles. The first-order valence-corrected chi connectivity index (χ1v) is 6.81. The highest BCUT2D eigenvalue weighted by molar-refractivity contribution is 6.28. The van der Waals surface area contributed by atoms with Gasteiger partial charge in [-0.15, -0.1) is 0 Å². The van der Waals surface area contributed by atoms with Crippen molar-refractivity contribution >= 4 is 17.4 Å². The Hall–Kier alpha value is -1.61. The summed E-state index contributed by atoms with van der Waals surface area (Å²) < 4.78 is 0. The number of hydrogen-bond donors (Lipinski definition) is 1. The summed E-state index contributed by atoms with van der Waals surface area (Å²) in [5.41, 5.74) is 3.46. The van der Waals surface area contributed by atoms with Crippen molar-refractivity contribution in [3.8, 4) is 0 Å². The zero-order chi connectivity index (χ0) is 14.3. The topological polar surface area (TPSA) is 37.8 Å². The highest BCUT2D eigenvalue weighted by Crippen LogP contribution is 2.14. The minimum Gasteiger partial charge on any atom is -0.366 e. The lowest BCUT2D eigenvalue weighted by atomic mass is 10.1. The Kier molecular flexibility index (Phi) is 6.30. The van der Waals surface area contributed by atoms with Gasteiger partial charge in [0.05, 0.1) is 0 Å². The highest BCUT2D eigenvalue weighted by atomic mass is 35.5. The van der Waals surface area contributed by atoms with Crippen LogP contribution >= 0.6 is 11.6 Å². The third kappa shape index (κ3) is 4.87. The van der Waals surface area contributed by atoms with E-state index in [1.807, 2.05) is 20.8 Å². The van der Waals surface area contributed by atoms with Crippen LogP contribution in [-0.2, 0) is 6.54 Å². The van der Waals surface area contributed by atoms with E-state index in [9.17, 15) is 0 Å². The molecule has 2 rings (SSSR count). The Morgan fingerprint density at radius 1 is 1.11 bits per heavy atom. The molecular weight excluding hydrogens is 258 g/mol. The van der Waals surface area contributed by atoms with Crippen molar-refractivity contribution in [1.82, 2.24) is 9.97 Å². The van der Waals surface area contributed by atoms with Gasteiger partial charge in [-0.3, -0.25) is 0 Å². The lowest BCUT2D eigenvalue weighted by molar-refractivity contribution is 1.06. The summed E-state index contributed by atoms with van der Waals surface area (Å²) in [7, 11) is 0. The van der Waals surface area contributed by atoms with Crippen LogP contribution in [0.3, 0.4) is 0 Å². The Morgan fingerprint density at radius 2 is 1.74 bits per heavy atom. The van der Waals surface area contributed by atoms with Gasteiger partial charge < -0.3 is 5.32 Å². The monoisotopic (exact) mass is 277 g/mol. The van der Waals surface area contributed by atoms with Crippen LogP contribution in [0.5, 0.6) is 0 Å². The van der Waals surface area contributed by atoms with Crippen LogP contribution in [0.2, 0.25) is 5.28 Å². The maximum absolute atomic E-state index is 5.76. The number of nitrogens with one attached hydrogen (secondary N) is 1. The van der Waals surface area contributed by atoms with Crippen LogP contribution in [0.4, 0.5) is 5.82 Å². The molecule has 0 bridgehead atoms. The van der Waals surface area contributed by atoms with Crippen LogP contribution in [0.25, 0.3) is 0 Å². The van der Waals surface area contributed by atoms with Crippen LogP contribution < -0.4 is 5.32 Å². The van der Waals surface area contributed by atoms with Crippen molar-refractivity contribution in [2.24, 2.45) is 0 Å². The molecule has 0 radical (unpaired) electrons. The molecule has 4 heteroatoms. The second-order valence-corrected chi connectivity index (χ2v) is 4.35. The van der Waals surface area contributed by atoms with Gasteiger partial charge in [0, 0.05) is 18.3 Å². The van der Waals surface area contributed by atoms with Crippen LogP contribution in [0, 0.1) is 13.8 Å². The van der Waals surface area contributed by atoms with Crippen molar-refractivity contribution in [3.05, 3.63) is 52.4 Å². The van der Waals surface area contributed by atoms with Crippen molar-refractivity contribution < 1.29 is 0 Å². The van der Waals surface area contributed by atoms with E-state index in [0.717, 1.165) is 17.9 Å². The van der Waals surface area contributed by atoms with Crippen molar-refractivity contribution in [2.75, 3.05) is 5.32 Å². The average Bonchev–Trinajstić information content (AvgIpc) is 2.44. The number of anilines is 1. The maximum atomic E-state index is 5.76. The SMILES string of the molecule is CC.Cc1ccc(CNc2nc(Cl)ncc2C)cc1. The molecule has 0 saturated heterocycles. The summed E-state index contributed by atoms with van der Waals surface area (Å²) >= 11 is 5.76. The van der Waals surface area contributed by atoms with Gasteiger partial charge in [-0.2, -0.15) is 0 Å². The summed E-state index contributed by atoms with van der Waals surface area (Å²) in [5, 5.41) is 3.52. The Morgan fingerprint density at radius 3 is 2.37 bits per heavy atom. The van der Waals surface area contributed by atoms with Gasteiger partial charge in [-0.05, 0) is 31.0 Å². The number of hydrogen-bond acceptors (Lipinski definition) is 3. The standard InChI is InChI=1S/C13H14ClN3.C2H6/c1-9-3-5-11(6-4-9)8-15-12-10(2)7-16-13(14)17-12;1-2/h3-7H,8H2,1-2H3,(H,15,16,17);1-2H3. The molecular formula is C15H20ClN3. The second-order valence-electron chi connectivity index (χ2n) is 4.01. The first kappa shape index (κ1) is 15.4. The average molecular weight is 278 g/mol. The molecule has 1 N–H and O–H groups in total. The normalized spacial score (nSPS) is 9.53. The smallest absolute Gasteiger partial charge is 0.224 e. The fourth-order valence-corrected chi connectivity index (χ4v) is 1.62.